The van der Waals surface area contributed by atoms with E-state index >= 15 is 0 Å². The number of benzene rings is 8. The molecule has 0 amide bonds. The number of non-ortho nitro benzene ring substituents is 1. The van der Waals surface area contributed by atoms with Crippen molar-refractivity contribution in [1.29, 1.82) is 0 Å². The van der Waals surface area contributed by atoms with Crippen molar-refractivity contribution in [2.24, 2.45) is 0 Å². The van der Waals surface area contributed by atoms with Gasteiger partial charge in [-0.25, -0.2) is 0 Å². The first kappa shape index (κ1) is 80.8. The van der Waals surface area contributed by atoms with Crippen molar-refractivity contribution in [2.45, 2.75) is 199 Å². The van der Waals surface area contributed by atoms with Crippen LogP contribution in [0.5, 0.6) is 0 Å². The highest BCUT2D eigenvalue weighted by Crippen LogP contribution is 2.31. The second kappa shape index (κ2) is 41.9. The summed E-state index contributed by atoms with van der Waals surface area (Å²) in [7, 11) is 0. The predicted molar refractivity (Wildman–Crippen MR) is 376 cm³/mol. The zero-order chi connectivity index (χ0) is 66.1. The van der Waals surface area contributed by atoms with E-state index in [9.17, 15) is 33.4 Å². The first-order chi connectivity index (χ1) is 40.7. The van der Waals surface area contributed by atoms with E-state index in [1.807, 2.05) is 39.8 Å². The summed E-state index contributed by atoms with van der Waals surface area (Å²) in [5.41, 5.74) is 15.1. The Morgan fingerprint density at radius 3 is 0.898 bits per heavy atom. The molecule has 0 N–H and O–H groups in total. The average Bonchev–Trinajstić information content (AvgIpc) is 3.65. The molecule has 0 aliphatic rings. The normalized spacial score (nSPS) is 10.5. The maximum atomic E-state index is 12.1. The van der Waals surface area contributed by atoms with Gasteiger partial charge in [0.1, 0.15) is 0 Å². The molecule has 0 fully saturated rings. The lowest BCUT2D eigenvalue weighted by molar-refractivity contribution is -0.385. The van der Waals surface area contributed by atoms with Crippen LogP contribution in [0.1, 0.15) is 238 Å². The lowest BCUT2D eigenvalue weighted by Gasteiger charge is -2.09. The number of nitro benzene ring substituents is 2. The maximum absolute atomic E-state index is 12.1. The van der Waals surface area contributed by atoms with E-state index < -0.39 is 11.7 Å². The molecule has 8 aromatic rings. The number of para-hydroxylation sites is 1. The molecule has 0 aliphatic carbocycles. The summed E-state index contributed by atoms with van der Waals surface area (Å²) in [5.74, 6) is 4.11. The van der Waals surface area contributed by atoms with E-state index in [0.29, 0.717) is 35.5 Å². The van der Waals surface area contributed by atoms with Crippen LogP contribution in [0.4, 0.5) is 24.5 Å². The Balaban J connectivity index is 0.000000983. The van der Waals surface area contributed by atoms with Crippen LogP contribution in [0.25, 0.3) is 0 Å². The fourth-order valence-electron chi connectivity index (χ4n) is 8.16. The lowest BCUT2D eigenvalue weighted by Crippen LogP contribution is -2.04. The molecule has 6 nitrogen and oxygen atoms in total. The van der Waals surface area contributed by atoms with Gasteiger partial charge in [-0.15, -0.1) is 0 Å². The number of halogens is 4. The standard InChI is InChI=1S/C10H11F3.4C10H14.C9H11Br.2C9H11NO2.CH4/c1-7(2)8-3-5-9(6-4-8)10(11,12)13;1-8(2)10-6-4-9(3)5-7-10;3*1-8(2)10-6-4-5-9(3)7-10;1-7(2)8-5-3-4-6-9(8)10;1-7(2)8-3-5-9(6-4-8)10(11)12;1-7(2)8-5-3-4-6-9(8)10(11)12;/h3-7H,1-2H3;4*4-8H,1-3H3;3-7H,1-2H3;2*3-7H,1-2H3;1H4. The molecule has 0 saturated heterocycles. The summed E-state index contributed by atoms with van der Waals surface area (Å²) < 4.78 is 37.6. The third-order valence-electron chi connectivity index (χ3n) is 13.8. The van der Waals surface area contributed by atoms with Gasteiger partial charge in [0.25, 0.3) is 11.4 Å². The van der Waals surface area contributed by atoms with E-state index in [-0.39, 0.29) is 40.5 Å². The predicted octanol–water partition coefficient (Wildman–Crippen LogP) is 25.9. The van der Waals surface area contributed by atoms with Crippen molar-refractivity contribution in [2.75, 3.05) is 0 Å². The highest BCUT2D eigenvalue weighted by atomic mass is 79.9. The van der Waals surface area contributed by atoms with Gasteiger partial charge in [-0.3, -0.25) is 20.2 Å². The van der Waals surface area contributed by atoms with Crippen LogP contribution in [-0.4, -0.2) is 9.85 Å². The van der Waals surface area contributed by atoms with Gasteiger partial charge in [-0.05, 0) is 132 Å². The maximum Gasteiger partial charge on any atom is 0.416 e. The molecule has 0 atom stereocenters. The summed E-state index contributed by atoms with van der Waals surface area (Å²) >= 11 is 3.50. The van der Waals surface area contributed by atoms with Crippen molar-refractivity contribution >= 4 is 27.3 Å². The molecule has 478 valence electrons. The molecule has 8 aromatic carbocycles. The van der Waals surface area contributed by atoms with Crippen LogP contribution in [0, 0.1) is 47.9 Å². The molecule has 0 radical (unpaired) electrons. The molecule has 0 aromatic heterocycles. The SMILES string of the molecule is C.CC(C)c1ccc(C(F)(F)F)cc1.CC(C)c1ccc([N+](=O)[O-])cc1.CC(C)c1ccccc1Br.CC(C)c1ccccc1[N+](=O)[O-].Cc1ccc(C(C)C)cc1.Cc1cccc(C(C)C)c1.Cc1cccc(C(C)C)c1.Cc1cccc(C(C)C)c1. The summed E-state index contributed by atoms with van der Waals surface area (Å²) in [4.78, 5) is 20.1. The highest BCUT2D eigenvalue weighted by molar-refractivity contribution is 9.10. The van der Waals surface area contributed by atoms with E-state index in [1.165, 1.54) is 84.9 Å². The highest BCUT2D eigenvalue weighted by Gasteiger charge is 2.30. The molecule has 0 aliphatic heterocycles. The van der Waals surface area contributed by atoms with Crippen molar-refractivity contribution in [3.8, 4) is 0 Å². The minimum atomic E-state index is -4.23. The van der Waals surface area contributed by atoms with Crippen LogP contribution >= 0.6 is 15.9 Å². The summed E-state index contributed by atoms with van der Waals surface area (Å²) in [6, 6.07) is 61.8. The fraction of sp³-hybridized carbons (Fsp3) is 0.385. The molecule has 0 heterocycles. The minimum Gasteiger partial charge on any atom is -0.258 e. The average molecular weight is 1270 g/mol. The molecule has 10 heteroatoms. The van der Waals surface area contributed by atoms with Gasteiger partial charge >= 0.3 is 6.18 Å². The van der Waals surface area contributed by atoms with Gasteiger partial charge in [0.15, 0.2) is 0 Å². The van der Waals surface area contributed by atoms with Gasteiger partial charge in [-0.2, -0.15) is 13.2 Å². The molecular weight excluding hydrogens is 1170 g/mol. The van der Waals surface area contributed by atoms with Crippen LogP contribution < -0.4 is 0 Å². The van der Waals surface area contributed by atoms with Crippen LogP contribution in [0.2, 0.25) is 0 Å². The lowest BCUT2D eigenvalue weighted by atomic mass is 10.0. The van der Waals surface area contributed by atoms with Gasteiger partial charge in [0.05, 0.1) is 15.4 Å². The largest absolute Gasteiger partial charge is 0.416 e. The van der Waals surface area contributed by atoms with Gasteiger partial charge in [0.2, 0.25) is 0 Å². The molecule has 0 saturated carbocycles. The fourth-order valence-corrected chi connectivity index (χ4v) is 8.90. The van der Waals surface area contributed by atoms with Gasteiger partial charge < -0.3 is 0 Å². The van der Waals surface area contributed by atoms with E-state index in [4.69, 9.17) is 0 Å². The summed E-state index contributed by atoms with van der Waals surface area (Å²) in [5, 5.41) is 20.8. The van der Waals surface area contributed by atoms with Crippen molar-refractivity contribution in [3.05, 3.63) is 291 Å². The Morgan fingerprint density at radius 2 is 0.648 bits per heavy atom. The quantitative estimate of drug-likeness (QED) is 0.101. The van der Waals surface area contributed by atoms with E-state index in [2.05, 4.69) is 242 Å². The van der Waals surface area contributed by atoms with Crippen molar-refractivity contribution < 1.29 is 23.0 Å². The first-order valence-corrected chi connectivity index (χ1v) is 31.1. The zero-order valence-electron chi connectivity index (χ0n) is 55.6. The van der Waals surface area contributed by atoms with Crippen LogP contribution in [-0.2, 0) is 6.18 Å². The molecule has 0 spiro atoms. The van der Waals surface area contributed by atoms with Crippen LogP contribution in [0.15, 0.2) is 199 Å². The molecule has 88 heavy (non-hydrogen) atoms. The summed E-state index contributed by atoms with van der Waals surface area (Å²) in [6.07, 6.45) is -4.23. The van der Waals surface area contributed by atoms with E-state index in [0.717, 1.165) is 28.8 Å². The zero-order valence-corrected chi connectivity index (χ0v) is 57.2. The second-order valence-corrected chi connectivity index (χ2v) is 25.1. The number of nitrogens with zero attached hydrogens (tertiary/aromatic N) is 2. The number of hydrogen-bond acceptors (Lipinski definition) is 4. The van der Waals surface area contributed by atoms with Gasteiger partial charge in [-0.1, -0.05) is 314 Å². The number of aryl methyl sites for hydroxylation is 4. The van der Waals surface area contributed by atoms with Crippen molar-refractivity contribution in [3.63, 3.8) is 0 Å². The Hall–Kier alpha value is -7.17. The molecule has 0 bridgehead atoms. The number of rotatable bonds is 10. The topological polar surface area (TPSA) is 86.3 Å². The molecule has 8 rings (SSSR count). The third kappa shape index (κ3) is 32.7. The molecule has 0 unspecified atom stereocenters. The number of nitro groups is 2. The first-order valence-electron chi connectivity index (χ1n) is 30.3. The molecular formula is C78H104BrF3N2O4. The Kier molecular flexibility index (Phi) is 38.5. The number of alkyl halides is 3. The monoisotopic (exact) mass is 1270 g/mol. The number of hydrogen-bond donors (Lipinski definition) is 0. The Morgan fingerprint density at radius 1 is 0.341 bits per heavy atom. The Bertz CT molecular complexity index is 3080. The minimum absolute atomic E-state index is 0. The van der Waals surface area contributed by atoms with Crippen molar-refractivity contribution in [1.82, 2.24) is 0 Å². The smallest absolute Gasteiger partial charge is 0.258 e. The second-order valence-electron chi connectivity index (χ2n) is 24.2. The van der Waals surface area contributed by atoms with Gasteiger partial charge in [0, 0.05) is 28.2 Å². The summed E-state index contributed by atoms with van der Waals surface area (Å²) in [6.45, 7) is 42.5. The third-order valence-corrected chi connectivity index (χ3v) is 14.6. The van der Waals surface area contributed by atoms with E-state index in [1.54, 1.807) is 24.3 Å². The Labute approximate surface area is 537 Å². The van der Waals surface area contributed by atoms with Crippen LogP contribution in [0.3, 0.4) is 0 Å².